The largest absolute Gasteiger partial charge is 0.493 e. The Kier molecular flexibility index (Phi) is 5.53. The van der Waals surface area contributed by atoms with Gasteiger partial charge in [-0.15, -0.1) is 5.10 Å². The Morgan fingerprint density at radius 3 is 3.23 bits per heavy atom. The van der Waals surface area contributed by atoms with Crippen LogP contribution in [-0.4, -0.2) is 45.3 Å². The van der Waals surface area contributed by atoms with Crippen molar-refractivity contribution in [3.8, 4) is 5.75 Å². The molecule has 0 N–H and O–H groups in total. The van der Waals surface area contributed by atoms with Gasteiger partial charge in [0.15, 0.2) is 0 Å². The molecule has 1 fully saturated rings. The second-order valence-corrected chi connectivity index (χ2v) is 6.43. The third-order valence-electron chi connectivity index (χ3n) is 3.28. The molecule has 1 aromatic carbocycles. The van der Waals surface area contributed by atoms with Crippen molar-refractivity contribution in [2.45, 2.75) is 30.6 Å². The van der Waals surface area contributed by atoms with Crippen molar-refractivity contribution >= 4 is 23.4 Å². The Balaban J connectivity index is 1.44. The fourth-order valence-corrected chi connectivity index (χ4v) is 3.13. The monoisotopic (exact) mass is 340 g/mol. The van der Waals surface area contributed by atoms with E-state index in [4.69, 9.17) is 21.1 Å². The van der Waals surface area contributed by atoms with Crippen LogP contribution in [0.4, 0.5) is 0 Å². The lowest BCUT2D eigenvalue weighted by molar-refractivity contribution is 0.0912. The van der Waals surface area contributed by atoms with Crippen LogP contribution in [0, 0.1) is 0 Å². The van der Waals surface area contributed by atoms with Crippen molar-refractivity contribution in [2.75, 3.05) is 19.0 Å². The fraction of sp³-hybridized carbons (Fsp3) is 0.500. The van der Waals surface area contributed by atoms with Crippen molar-refractivity contribution in [2.24, 2.45) is 0 Å². The van der Waals surface area contributed by atoms with Gasteiger partial charge >= 0.3 is 0 Å². The molecule has 6 nitrogen and oxygen atoms in total. The lowest BCUT2D eigenvalue weighted by Crippen LogP contribution is -2.17. The van der Waals surface area contributed by atoms with Crippen LogP contribution < -0.4 is 4.74 Å². The Labute approximate surface area is 138 Å². The molecule has 1 atom stereocenters. The summed E-state index contributed by atoms with van der Waals surface area (Å²) < 4.78 is 13.1. The van der Waals surface area contributed by atoms with Gasteiger partial charge < -0.3 is 9.47 Å². The normalized spacial score (nSPS) is 17.8. The highest BCUT2D eigenvalue weighted by Gasteiger charge is 2.18. The molecule has 2 aromatic rings. The molecule has 0 bridgehead atoms. The van der Waals surface area contributed by atoms with Gasteiger partial charge in [-0.2, -0.15) is 0 Å². The zero-order chi connectivity index (χ0) is 15.2. The summed E-state index contributed by atoms with van der Waals surface area (Å²) >= 11 is 7.49. The van der Waals surface area contributed by atoms with Crippen LogP contribution in [0.5, 0.6) is 5.75 Å². The Hall–Kier alpha value is -1.31. The van der Waals surface area contributed by atoms with Gasteiger partial charge in [0.05, 0.1) is 19.3 Å². The standard InChI is InChI=1S/C14H17ClN4O2S/c15-11-3-1-4-12(9-11)21-7-8-22-14-16-17-18-19(14)10-13-5-2-6-20-13/h1,3-4,9,13H,2,5-8,10H2. The fourth-order valence-electron chi connectivity index (χ4n) is 2.24. The molecule has 1 unspecified atom stereocenters. The smallest absolute Gasteiger partial charge is 0.209 e. The molecule has 8 heteroatoms. The summed E-state index contributed by atoms with van der Waals surface area (Å²) in [6.07, 6.45) is 2.41. The highest BCUT2D eigenvalue weighted by Crippen LogP contribution is 2.20. The molecule has 118 valence electrons. The van der Waals surface area contributed by atoms with Gasteiger partial charge in [0.25, 0.3) is 0 Å². The van der Waals surface area contributed by atoms with E-state index in [-0.39, 0.29) is 6.10 Å². The first kappa shape index (κ1) is 15.6. The number of aromatic nitrogens is 4. The van der Waals surface area contributed by atoms with Crippen molar-refractivity contribution < 1.29 is 9.47 Å². The maximum Gasteiger partial charge on any atom is 0.209 e. The van der Waals surface area contributed by atoms with Gasteiger partial charge in [0, 0.05) is 17.4 Å². The first-order chi connectivity index (χ1) is 10.8. The second-order valence-electron chi connectivity index (χ2n) is 4.93. The van der Waals surface area contributed by atoms with Crippen LogP contribution in [0.25, 0.3) is 0 Å². The molecule has 0 spiro atoms. The minimum absolute atomic E-state index is 0.227. The highest BCUT2D eigenvalue weighted by molar-refractivity contribution is 7.99. The SMILES string of the molecule is Clc1cccc(OCCSc2nnnn2CC2CCCO2)c1. The van der Waals surface area contributed by atoms with Crippen molar-refractivity contribution in [1.82, 2.24) is 20.2 Å². The van der Waals surface area contributed by atoms with Gasteiger partial charge in [0.1, 0.15) is 5.75 Å². The maximum absolute atomic E-state index is 5.91. The average molecular weight is 341 g/mol. The summed E-state index contributed by atoms with van der Waals surface area (Å²) in [6.45, 7) is 2.12. The van der Waals surface area contributed by atoms with E-state index in [1.807, 2.05) is 18.2 Å². The molecule has 22 heavy (non-hydrogen) atoms. The van der Waals surface area contributed by atoms with Crippen LogP contribution in [0.1, 0.15) is 12.8 Å². The molecule has 0 radical (unpaired) electrons. The molecular formula is C14H17ClN4O2S. The molecule has 1 aliphatic heterocycles. The first-order valence-electron chi connectivity index (χ1n) is 7.20. The molecule has 0 saturated carbocycles. The summed E-state index contributed by atoms with van der Waals surface area (Å²) in [5.74, 6) is 1.53. The molecule has 0 amide bonds. The highest BCUT2D eigenvalue weighted by atomic mass is 35.5. The number of rotatable bonds is 7. The maximum atomic E-state index is 5.91. The van der Waals surface area contributed by atoms with Crippen LogP contribution in [0.3, 0.4) is 0 Å². The summed E-state index contributed by atoms with van der Waals surface area (Å²) in [7, 11) is 0. The van der Waals surface area contributed by atoms with E-state index in [1.165, 1.54) is 0 Å². The van der Waals surface area contributed by atoms with Crippen molar-refractivity contribution in [3.05, 3.63) is 29.3 Å². The predicted octanol–water partition coefficient (Wildman–Crippen LogP) is 2.68. The van der Waals surface area contributed by atoms with E-state index in [1.54, 1.807) is 22.5 Å². The predicted molar refractivity (Wildman–Crippen MR) is 84.5 cm³/mol. The lowest BCUT2D eigenvalue weighted by Gasteiger charge is -2.10. The number of nitrogens with zero attached hydrogens (tertiary/aromatic N) is 4. The summed E-state index contributed by atoms with van der Waals surface area (Å²) in [6, 6.07) is 7.38. The number of hydrogen-bond acceptors (Lipinski definition) is 6. The van der Waals surface area contributed by atoms with Crippen LogP contribution in [-0.2, 0) is 11.3 Å². The minimum Gasteiger partial charge on any atom is -0.493 e. The van der Waals surface area contributed by atoms with Gasteiger partial charge in [-0.3, -0.25) is 0 Å². The molecular weight excluding hydrogens is 324 g/mol. The van der Waals surface area contributed by atoms with E-state index in [0.717, 1.165) is 36.1 Å². The Bertz CT molecular complexity index is 604. The number of tetrazole rings is 1. The Morgan fingerprint density at radius 1 is 1.45 bits per heavy atom. The van der Waals surface area contributed by atoms with Crippen molar-refractivity contribution in [3.63, 3.8) is 0 Å². The second kappa shape index (κ2) is 7.80. The number of ether oxygens (including phenoxy) is 2. The number of hydrogen-bond donors (Lipinski definition) is 0. The van der Waals surface area contributed by atoms with E-state index in [2.05, 4.69) is 15.5 Å². The number of thioether (sulfide) groups is 1. The molecule has 3 rings (SSSR count). The van der Waals surface area contributed by atoms with Gasteiger partial charge in [-0.25, -0.2) is 4.68 Å². The van der Waals surface area contributed by atoms with E-state index in [0.29, 0.717) is 18.2 Å². The molecule has 1 aromatic heterocycles. The van der Waals surface area contributed by atoms with E-state index >= 15 is 0 Å². The topological polar surface area (TPSA) is 62.1 Å². The molecule has 1 aliphatic rings. The first-order valence-corrected chi connectivity index (χ1v) is 8.56. The van der Waals surface area contributed by atoms with Gasteiger partial charge in [-0.1, -0.05) is 29.4 Å². The minimum atomic E-state index is 0.227. The summed E-state index contributed by atoms with van der Waals surface area (Å²) in [5.41, 5.74) is 0. The molecule has 0 aliphatic carbocycles. The van der Waals surface area contributed by atoms with Crippen molar-refractivity contribution in [1.29, 1.82) is 0 Å². The number of halogens is 1. The van der Waals surface area contributed by atoms with Gasteiger partial charge in [0.2, 0.25) is 5.16 Å². The van der Waals surface area contributed by atoms with Crippen LogP contribution >= 0.6 is 23.4 Å². The quantitative estimate of drug-likeness (QED) is 0.570. The van der Waals surface area contributed by atoms with Gasteiger partial charge in [-0.05, 0) is 41.5 Å². The molecule has 2 heterocycles. The zero-order valence-corrected chi connectivity index (χ0v) is 13.6. The van der Waals surface area contributed by atoms with E-state index in [9.17, 15) is 0 Å². The Morgan fingerprint density at radius 2 is 2.41 bits per heavy atom. The lowest BCUT2D eigenvalue weighted by atomic mass is 10.2. The third kappa shape index (κ3) is 4.34. The number of benzene rings is 1. The summed E-state index contributed by atoms with van der Waals surface area (Å²) in [4.78, 5) is 0. The van der Waals surface area contributed by atoms with Crippen LogP contribution in [0.2, 0.25) is 5.02 Å². The average Bonchev–Trinajstić information content (AvgIpc) is 3.16. The third-order valence-corrected chi connectivity index (χ3v) is 4.44. The zero-order valence-electron chi connectivity index (χ0n) is 12.0. The van der Waals surface area contributed by atoms with Crippen LogP contribution in [0.15, 0.2) is 29.4 Å². The molecule has 1 saturated heterocycles. The van der Waals surface area contributed by atoms with E-state index < -0.39 is 0 Å². The summed E-state index contributed by atoms with van der Waals surface area (Å²) in [5, 5.41) is 13.3.